The molecule has 18 heavy (non-hydrogen) atoms. The number of nitrogens with one attached hydrogen (secondary N) is 1. The standard InChI is InChI=1S/C8H15N.C6H4F2O/c1-3-7-5-2-6-8(4-1)9-7;7-4-2-1-3-5(9)6(4)8/h7-9H,1-6H2;1-3,9H. The van der Waals surface area contributed by atoms with E-state index in [2.05, 4.69) is 5.32 Å². The van der Waals surface area contributed by atoms with Crippen molar-refractivity contribution < 1.29 is 13.9 Å². The first-order valence-electron chi connectivity index (χ1n) is 6.56. The van der Waals surface area contributed by atoms with E-state index in [0.717, 1.165) is 24.2 Å². The second-order valence-corrected chi connectivity index (χ2v) is 5.00. The van der Waals surface area contributed by atoms with Crippen LogP contribution < -0.4 is 5.32 Å². The average Bonchev–Trinajstić information content (AvgIpc) is 2.37. The molecule has 0 unspecified atom stereocenters. The van der Waals surface area contributed by atoms with E-state index in [1.165, 1.54) is 44.6 Å². The van der Waals surface area contributed by atoms with Crippen LogP contribution in [0.15, 0.2) is 18.2 Å². The van der Waals surface area contributed by atoms with Gasteiger partial charge in [0.25, 0.3) is 0 Å². The maximum Gasteiger partial charge on any atom is 0.200 e. The fourth-order valence-corrected chi connectivity index (χ4v) is 2.67. The number of benzene rings is 1. The van der Waals surface area contributed by atoms with E-state index in [9.17, 15) is 8.78 Å². The van der Waals surface area contributed by atoms with Gasteiger partial charge < -0.3 is 10.4 Å². The smallest absolute Gasteiger partial charge is 0.200 e. The van der Waals surface area contributed by atoms with Crippen LogP contribution in [0.4, 0.5) is 8.78 Å². The van der Waals surface area contributed by atoms with Crippen molar-refractivity contribution in [3.8, 4) is 5.75 Å². The average molecular weight is 255 g/mol. The number of rotatable bonds is 0. The normalized spacial score (nSPS) is 26.1. The highest BCUT2D eigenvalue weighted by Crippen LogP contribution is 2.24. The monoisotopic (exact) mass is 255 g/mol. The van der Waals surface area contributed by atoms with Gasteiger partial charge in [-0.25, -0.2) is 4.39 Å². The molecule has 4 heteroatoms. The maximum atomic E-state index is 12.1. The minimum Gasteiger partial charge on any atom is -0.505 e. The lowest BCUT2D eigenvalue weighted by Gasteiger charge is -2.35. The lowest BCUT2D eigenvalue weighted by molar-refractivity contribution is 0.243. The summed E-state index contributed by atoms with van der Waals surface area (Å²) in [4.78, 5) is 0. The molecule has 0 aliphatic carbocycles. The Morgan fingerprint density at radius 3 is 1.94 bits per heavy atom. The molecule has 2 bridgehead atoms. The zero-order valence-electron chi connectivity index (χ0n) is 10.3. The maximum absolute atomic E-state index is 12.1. The van der Waals surface area contributed by atoms with Crippen molar-refractivity contribution in [3.05, 3.63) is 29.8 Å². The number of piperidine rings is 2. The molecular weight excluding hydrogens is 236 g/mol. The summed E-state index contributed by atoms with van der Waals surface area (Å²) in [6, 6.07) is 5.05. The summed E-state index contributed by atoms with van der Waals surface area (Å²) in [5.41, 5.74) is 0. The Labute approximate surface area is 106 Å². The largest absolute Gasteiger partial charge is 0.505 e. The van der Waals surface area contributed by atoms with E-state index < -0.39 is 17.4 Å². The second-order valence-electron chi connectivity index (χ2n) is 5.00. The Morgan fingerprint density at radius 1 is 1.00 bits per heavy atom. The van der Waals surface area contributed by atoms with Crippen molar-refractivity contribution in [2.24, 2.45) is 0 Å². The van der Waals surface area contributed by atoms with Crippen molar-refractivity contribution in [2.45, 2.75) is 50.6 Å². The first-order chi connectivity index (χ1) is 8.66. The summed E-state index contributed by atoms with van der Waals surface area (Å²) in [6.07, 6.45) is 8.71. The molecule has 2 fully saturated rings. The van der Waals surface area contributed by atoms with Gasteiger partial charge in [0.05, 0.1) is 0 Å². The van der Waals surface area contributed by atoms with Crippen LogP contribution in [0.2, 0.25) is 0 Å². The number of hydrogen-bond donors (Lipinski definition) is 2. The van der Waals surface area contributed by atoms with Crippen LogP contribution in [0, 0.1) is 11.6 Å². The van der Waals surface area contributed by atoms with Crippen LogP contribution in [0.25, 0.3) is 0 Å². The van der Waals surface area contributed by atoms with Gasteiger partial charge in [0.2, 0.25) is 0 Å². The fraction of sp³-hybridized carbons (Fsp3) is 0.571. The van der Waals surface area contributed by atoms with E-state index in [1.54, 1.807) is 0 Å². The summed E-state index contributed by atoms with van der Waals surface area (Å²) >= 11 is 0. The third-order valence-corrected chi connectivity index (χ3v) is 3.61. The van der Waals surface area contributed by atoms with E-state index >= 15 is 0 Å². The molecular formula is C14H19F2NO. The highest BCUT2D eigenvalue weighted by atomic mass is 19.2. The van der Waals surface area contributed by atoms with Crippen LogP contribution in [0.5, 0.6) is 5.75 Å². The first-order valence-corrected chi connectivity index (χ1v) is 6.56. The molecule has 0 amide bonds. The predicted octanol–water partition coefficient (Wildman–Crippen LogP) is 3.35. The van der Waals surface area contributed by atoms with Crippen molar-refractivity contribution in [3.63, 3.8) is 0 Å². The van der Waals surface area contributed by atoms with Gasteiger partial charge in [0.1, 0.15) is 0 Å². The molecule has 3 rings (SSSR count). The molecule has 2 aliphatic heterocycles. The van der Waals surface area contributed by atoms with Gasteiger partial charge in [-0.1, -0.05) is 18.9 Å². The second kappa shape index (κ2) is 6.14. The summed E-state index contributed by atoms with van der Waals surface area (Å²) in [7, 11) is 0. The number of phenols is 1. The van der Waals surface area contributed by atoms with E-state index in [-0.39, 0.29) is 0 Å². The third kappa shape index (κ3) is 3.42. The Morgan fingerprint density at radius 2 is 1.56 bits per heavy atom. The van der Waals surface area contributed by atoms with Gasteiger partial charge in [-0.15, -0.1) is 0 Å². The summed E-state index contributed by atoms with van der Waals surface area (Å²) in [5.74, 6) is -2.89. The molecule has 2 nitrogen and oxygen atoms in total. The fourth-order valence-electron chi connectivity index (χ4n) is 2.67. The van der Waals surface area contributed by atoms with E-state index in [0.29, 0.717) is 0 Å². The molecule has 0 spiro atoms. The van der Waals surface area contributed by atoms with Gasteiger partial charge >= 0.3 is 0 Å². The molecule has 0 saturated carbocycles. The lowest BCUT2D eigenvalue weighted by Crippen LogP contribution is -2.45. The minimum absolute atomic E-state index is 0.657. The molecule has 2 aliphatic rings. The third-order valence-electron chi connectivity index (χ3n) is 3.61. The number of fused-ring (bicyclic) bond motifs is 2. The van der Waals surface area contributed by atoms with Gasteiger partial charge in [-0.2, -0.15) is 4.39 Å². The number of aromatic hydroxyl groups is 1. The molecule has 0 radical (unpaired) electrons. The highest BCUT2D eigenvalue weighted by Gasteiger charge is 2.24. The lowest BCUT2D eigenvalue weighted by atomic mass is 9.87. The molecule has 100 valence electrons. The molecule has 1 aromatic carbocycles. The molecule has 1 aromatic rings. The molecule has 0 atom stereocenters. The number of hydrogen-bond acceptors (Lipinski definition) is 2. The van der Waals surface area contributed by atoms with E-state index in [1.807, 2.05) is 0 Å². The summed E-state index contributed by atoms with van der Waals surface area (Å²) in [5, 5.41) is 12.1. The van der Waals surface area contributed by atoms with Gasteiger partial charge in [-0.3, -0.25) is 0 Å². The zero-order valence-corrected chi connectivity index (χ0v) is 10.3. The quantitative estimate of drug-likeness (QED) is 0.745. The van der Waals surface area contributed by atoms with Crippen LogP contribution >= 0.6 is 0 Å². The SMILES string of the molecule is C1CC2CCCC(C1)N2.Oc1cccc(F)c1F. The van der Waals surface area contributed by atoms with E-state index in [4.69, 9.17) is 5.11 Å². The molecule has 0 aromatic heterocycles. The minimum atomic E-state index is -1.20. The topological polar surface area (TPSA) is 32.3 Å². The number of halogens is 2. The van der Waals surface area contributed by atoms with Crippen LogP contribution in [0.3, 0.4) is 0 Å². The summed E-state index contributed by atoms with van der Waals surface area (Å²) < 4.78 is 24.2. The predicted molar refractivity (Wildman–Crippen MR) is 66.4 cm³/mol. The van der Waals surface area contributed by atoms with Crippen LogP contribution in [-0.4, -0.2) is 17.2 Å². The van der Waals surface area contributed by atoms with Crippen molar-refractivity contribution in [1.82, 2.24) is 5.32 Å². The Bertz CT molecular complexity index is 357. The molecule has 2 heterocycles. The van der Waals surface area contributed by atoms with Crippen molar-refractivity contribution >= 4 is 0 Å². The Hall–Kier alpha value is -1.16. The Balaban J connectivity index is 0.000000134. The van der Waals surface area contributed by atoms with Crippen LogP contribution in [-0.2, 0) is 0 Å². The molecule has 2 saturated heterocycles. The van der Waals surface area contributed by atoms with Gasteiger partial charge in [0.15, 0.2) is 17.4 Å². The van der Waals surface area contributed by atoms with Crippen LogP contribution in [0.1, 0.15) is 38.5 Å². The van der Waals surface area contributed by atoms with Crippen molar-refractivity contribution in [2.75, 3.05) is 0 Å². The first kappa shape index (κ1) is 13.3. The molecule has 2 N–H and O–H groups in total. The van der Waals surface area contributed by atoms with Gasteiger partial charge in [-0.05, 0) is 37.8 Å². The zero-order chi connectivity index (χ0) is 13.0. The number of phenolic OH excluding ortho intramolecular Hbond substituents is 1. The Kier molecular flexibility index (Phi) is 4.53. The van der Waals surface area contributed by atoms with Gasteiger partial charge in [0, 0.05) is 12.1 Å². The summed E-state index contributed by atoms with van der Waals surface area (Å²) in [6.45, 7) is 0. The van der Waals surface area contributed by atoms with Crippen molar-refractivity contribution in [1.29, 1.82) is 0 Å². The highest BCUT2D eigenvalue weighted by molar-refractivity contribution is 5.22.